The Labute approximate surface area is 111 Å². The van der Waals surface area contributed by atoms with Crippen LogP contribution in [-0.4, -0.2) is 25.3 Å². The molecule has 96 valence electrons. The van der Waals surface area contributed by atoms with Crippen LogP contribution in [0.3, 0.4) is 0 Å². The van der Waals surface area contributed by atoms with E-state index in [9.17, 15) is 9.59 Å². The van der Waals surface area contributed by atoms with Crippen molar-refractivity contribution in [1.29, 1.82) is 0 Å². The van der Waals surface area contributed by atoms with Crippen LogP contribution in [0.1, 0.15) is 23.2 Å². The molecule has 1 heterocycles. The van der Waals surface area contributed by atoms with Crippen molar-refractivity contribution in [3.63, 3.8) is 0 Å². The first kappa shape index (κ1) is 12.9. The quantitative estimate of drug-likeness (QED) is 0.850. The zero-order valence-electron chi connectivity index (χ0n) is 9.93. The molecule has 2 N–H and O–H groups in total. The molecule has 0 bridgehead atoms. The minimum atomic E-state index is -0.219. The molecular formula is C13H15ClN2O2. The van der Waals surface area contributed by atoms with Gasteiger partial charge in [0.2, 0.25) is 5.91 Å². The number of primary amides is 1. The van der Waals surface area contributed by atoms with Gasteiger partial charge in [0.1, 0.15) is 0 Å². The minimum Gasteiger partial charge on any atom is -0.371 e. The Morgan fingerprint density at radius 1 is 1.39 bits per heavy atom. The lowest BCUT2D eigenvalue weighted by Gasteiger charge is -2.32. The van der Waals surface area contributed by atoms with Crippen LogP contribution in [0.15, 0.2) is 18.2 Å². The first-order valence-corrected chi connectivity index (χ1v) is 6.28. The van der Waals surface area contributed by atoms with Crippen molar-refractivity contribution in [2.75, 3.05) is 18.0 Å². The van der Waals surface area contributed by atoms with E-state index in [1.54, 1.807) is 12.1 Å². The maximum absolute atomic E-state index is 11.1. The average Bonchev–Trinajstić information content (AvgIpc) is 2.38. The standard InChI is InChI=1S/C13H15ClN2O2/c14-12-7-11(2-1-10(12)8-17)16-5-3-9(4-6-16)13(15)18/h1-2,7-9H,3-6H2,(H2,15,18). The Hall–Kier alpha value is -1.55. The molecule has 0 aliphatic carbocycles. The fourth-order valence-corrected chi connectivity index (χ4v) is 2.45. The van der Waals surface area contributed by atoms with Gasteiger partial charge in [-0.1, -0.05) is 11.6 Å². The molecule has 0 spiro atoms. The van der Waals surface area contributed by atoms with Crippen molar-refractivity contribution in [1.82, 2.24) is 0 Å². The molecule has 1 aromatic rings. The predicted octanol–water partition coefficient (Wildman–Crippen LogP) is 1.85. The molecule has 1 aliphatic rings. The highest BCUT2D eigenvalue weighted by Crippen LogP contribution is 2.26. The number of aldehydes is 1. The van der Waals surface area contributed by atoms with Gasteiger partial charge in [-0.2, -0.15) is 0 Å². The number of benzene rings is 1. The van der Waals surface area contributed by atoms with Crippen molar-refractivity contribution in [2.45, 2.75) is 12.8 Å². The molecular weight excluding hydrogens is 252 g/mol. The second-order valence-electron chi connectivity index (χ2n) is 4.49. The summed E-state index contributed by atoms with van der Waals surface area (Å²) in [5, 5.41) is 0.458. The van der Waals surface area contributed by atoms with Gasteiger partial charge in [0.15, 0.2) is 6.29 Å². The van der Waals surface area contributed by atoms with Gasteiger partial charge < -0.3 is 10.6 Å². The van der Waals surface area contributed by atoms with E-state index in [1.165, 1.54) is 0 Å². The van der Waals surface area contributed by atoms with Gasteiger partial charge in [0.05, 0.1) is 5.02 Å². The number of carbonyl (C=O) groups is 2. The van der Waals surface area contributed by atoms with E-state index in [4.69, 9.17) is 17.3 Å². The van der Waals surface area contributed by atoms with E-state index in [0.29, 0.717) is 10.6 Å². The largest absolute Gasteiger partial charge is 0.371 e. The molecule has 5 heteroatoms. The molecule has 1 aliphatic heterocycles. The van der Waals surface area contributed by atoms with Crippen molar-refractivity contribution < 1.29 is 9.59 Å². The van der Waals surface area contributed by atoms with Gasteiger partial charge in [0.25, 0.3) is 0 Å². The summed E-state index contributed by atoms with van der Waals surface area (Å²) in [5.41, 5.74) is 6.77. The van der Waals surface area contributed by atoms with E-state index in [1.807, 2.05) is 6.07 Å². The third kappa shape index (κ3) is 2.64. The first-order valence-electron chi connectivity index (χ1n) is 5.91. The van der Waals surface area contributed by atoms with Crippen LogP contribution in [0.2, 0.25) is 5.02 Å². The summed E-state index contributed by atoms with van der Waals surface area (Å²) in [7, 11) is 0. The maximum Gasteiger partial charge on any atom is 0.220 e. The SMILES string of the molecule is NC(=O)C1CCN(c2ccc(C=O)c(Cl)c2)CC1. The van der Waals surface area contributed by atoms with E-state index >= 15 is 0 Å². The van der Waals surface area contributed by atoms with Crippen LogP contribution in [0.4, 0.5) is 5.69 Å². The summed E-state index contributed by atoms with van der Waals surface area (Å²) in [6.07, 6.45) is 2.27. The van der Waals surface area contributed by atoms with Crippen LogP contribution < -0.4 is 10.6 Å². The smallest absolute Gasteiger partial charge is 0.220 e. The molecule has 0 atom stereocenters. The summed E-state index contributed by atoms with van der Waals surface area (Å²) in [6.45, 7) is 1.56. The number of anilines is 1. The molecule has 1 aromatic carbocycles. The van der Waals surface area contributed by atoms with Crippen molar-refractivity contribution >= 4 is 29.5 Å². The fraction of sp³-hybridized carbons (Fsp3) is 0.385. The number of hydrogen-bond donors (Lipinski definition) is 1. The summed E-state index contributed by atoms with van der Waals surface area (Å²) in [4.78, 5) is 23.9. The molecule has 4 nitrogen and oxygen atoms in total. The molecule has 0 saturated carbocycles. The third-order valence-corrected chi connectivity index (χ3v) is 3.70. The Balaban J connectivity index is 2.08. The molecule has 0 unspecified atom stereocenters. The predicted molar refractivity (Wildman–Crippen MR) is 71.0 cm³/mol. The molecule has 1 saturated heterocycles. The second-order valence-corrected chi connectivity index (χ2v) is 4.89. The van der Waals surface area contributed by atoms with E-state index in [-0.39, 0.29) is 11.8 Å². The van der Waals surface area contributed by atoms with Gasteiger partial charge in [-0.15, -0.1) is 0 Å². The highest BCUT2D eigenvalue weighted by Gasteiger charge is 2.23. The third-order valence-electron chi connectivity index (χ3n) is 3.37. The number of nitrogens with zero attached hydrogens (tertiary/aromatic N) is 1. The Morgan fingerprint density at radius 3 is 2.56 bits per heavy atom. The summed E-state index contributed by atoms with van der Waals surface area (Å²) < 4.78 is 0. The maximum atomic E-state index is 11.1. The normalized spacial score (nSPS) is 16.6. The highest BCUT2D eigenvalue weighted by molar-refractivity contribution is 6.33. The minimum absolute atomic E-state index is 0.0222. The second kappa shape index (κ2) is 5.40. The van der Waals surface area contributed by atoms with Crippen LogP contribution in [0, 0.1) is 5.92 Å². The number of hydrogen-bond acceptors (Lipinski definition) is 3. The lowest BCUT2D eigenvalue weighted by molar-refractivity contribution is -0.122. The lowest BCUT2D eigenvalue weighted by atomic mass is 9.96. The molecule has 2 rings (SSSR count). The zero-order chi connectivity index (χ0) is 13.1. The number of piperidine rings is 1. The van der Waals surface area contributed by atoms with Crippen LogP contribution >= 0.6 is 11.6 Å². The number of rotatable bonds is 3. The Morgan fingerprint density at radius 2 is 2.06 bits per heavy atom. The van der Waals surface area contributed by atoms with Crippen LogP contribution in [0.25, 0.3) is 0 Å². The average molecular weight is 267 g/mol. The molecule has 0 aromatic heterocycles. The topological polar surface area (TPSA) is 63.4 Å². The molecule has 1 amide bonds. The number of nitrogens with two attached hydrogens (primary N) is 1. The van der Waals surface area contributed by atoms with E-state index < -0.39 is 0 Å². The van der Waals surface area contributed by atoms with Crippen LogP contribution in [-0.2, 0) is 4.79 Å². The number of carbonyl (C=O) groups excluding carboxylic acids is 2. The molecule has 0 radical (unpaired) electrons. The first-order chi connectivity index (χ1) is 8.61. The molecule has 1 fully saturated rings. The number of halogens is 1. The van der Waals surface area contributed by atoms with E-state index in [2.05, 4.69) is 4.90 Å². The van der Waals surface area contributed by atoms with Gasteiger partial charge in [0, 0.05) is 30.3 Å². The number of amides is 1. The van der Waals surface area contributed by atoms with Gasteiger partial charge in [-0.25, -0.2) is 0 Å². The monoisotopic (exact) mass is 266 g/mol. The van der Waals surface area contributed by atoms with Crippen molar-refractivity contribution in [2.24, 2.45) is 11.7 Å². The van der Waals surface area contributed by atoms with Crippen molar-refractivity contribution in [3.8, 4) is 0 Å². The van der Waals surface area contributed by atoms with Crippen molar-refractivity contribution in [3.05, 3.63) is 28.8 Å². The Bertz CT molecular complexity index is 468. The summed E-state index contributed by atoms with van der Waals surface area (Å²) in [6, 6.07) is 5.38. The van der Waals surface area contributed by atoms with Crippen LogP contribution in [0.5, 0.6) is 0 Å². The van der Waals surface area contributed by atoms with Gasteiger partial charge >= 0.3 is 0 Å². The highest BCUT2D eigenvalue weighted by atomic mass is 35.5. The zero-order valence-corrected chi connectivity index (χ0v) is 10.7. The fourth-order valence-electron chi connectivity index (χ4n) is 2.23. The van der Waals surface area contributed by atoms with E-state index in [0.717, 1.165) is 37.9 Å². The lowest BCUT2D eigenvalue weighted by Crippen LogP contribution is -2.38. The Kier molecular flexibility index (Phi) is 3.87. The summed E-state index contributed by atoms with van der Waals surface area (Å²) >= 11 is 6.00. The molecule has 18 heavy (non-hydrogen) atoms. The van der Waals surface area contributed by atoms with Gasteiger partial charge in [-0.05, 0) is 31.0 Å². The van der Waals surface area contributed by atoms with Gasteiger partial charge in [-0.3, -0.25) is 9.59 Å². The summed E-state index contributed by atoms with van der Waals surface area (Å²) in [5.74, 6) is -0.241.